The maximum absolute atomic E-state index is 8.49. The van der Waals surface area contributed by atoms with E-state index in [1.807, 2.05) is 0 Å². The summed E-state index contributed by atoms with van der Waals surface area (Å²) in [7, 11) is -4.94. The number of rotatable bonds is 2. The highest BCUT2D eigenvalue weighted by atomic mass is 35.7. The second kappa shape index (κ2) is 6.40. The summed E-state index contributed by atoms with van der Waals surface area (Å²) in [5.74, 6) is 6.47. The van der Waals surface area contributed by atoms with Crippen molar-refractivity contribution in [1.82, 2.24) is 0 Å². The third-order valence-electron chi connectivity index (χ3n) is 8.81. The van der Waals surface area contributed by atoms with E-state index in [2.05, 4.69) is 11.2 Å². The monoisotopic (exact) mass is 397 g/mol. The quantitative estimate of drug-likeness (QED) is 0.576. The van der Waals surface area contributed by atoms with Gasteiger partial charge in [0.05, 0.1) is 0 Å². The predicted octanol–water partition coefficient (Wildman–Crippen LogP) is -1.43. The van der Waals surface area contributed by atoms with Gasteiger partial charge in [-0.3, -0.25) is 0 Å². The van der Waals surface area contributed by atoms with Crippen LogP contribution in [0.15, 0.2) is 0 Å². The first-order chi connectivity index (χ1) is 12.7. The van der Waals surface area contributed by atoms with E-state index >= 15 is 0 Å². The van der Waals surface area contributed by atoms with Crippen molar-refractivity contribution in [2.75, 3.05) is 0 Å². The van der Waals surface area contributed by atoms with Crippen LogP contribution in [0.2, 0.25) is 0 Å². The van der Waals surface area contributed by atoms with Crippen LogP contribution in [0.25, 0.3) is 0 Å². The number of hydrogen-bond donors (Lipinski definition) is 1. The van der Waals surface area contributed by atoms with E-state index in [1.54, 1.807) is 38.5 Å². The normalized spacial score (nSPS) is 52.3. The fourth-order valence-corrected chi connectivity index (χ4v) is 8.95. The molecular formula is C21H32ClNO4. The van der Waals surface area contributed by atoms with E-state index in [0.29, 0.717) is 11.0 Å². The minimum absolute atomic E-state index is 0.540. The molecule has 8 fully saturated rings. The summed E-state index contributed by atoms with van der Waals surface area (Å²) < 4.78 is 34.0. The Balaban J connectivity index is 0.000000288. The van der Waals surface area contributed by atoms with Crippen LogP contribution in [-0.4, -0.2) is 11.8 Å². The summed E-state index contributed by atoms with van der Waals surface area (Å²) in [5, 5.41) is 0. The summed E-state index contributed by atoms with van der Waals surface area (Å²) in [6.45, 7) is 0. The highest BCUT2D eigenvalue weighted by molar-refractivity contribution is 5.61. The van der Waals surface area contributed by atoms with Gasteiger partial charge in [-0.05, 0) is 93.3 Å². The molecule has 8 aliphatic carbocycles. The molecular weight excluding hydrogens is 366 g/mol. The second-order valence-corrected chi connectivity index (χ2v) is 11.9. The van der Waals surface area contributed by atoms with E-state index in [1.165, 1.54) is 38.5 Å². The molecule has 1 N–H and O–H groups in total. The van der Waals surface area contributed by atoms with Gasteiger partial charge in [-0.2, -0.15) is 0 Å². The van der Waals surface area contributed by atoms with Crippen LogP contribution in [0.5, 0.6) is 0 Å². The Bertz CT molecular complexity index is 491. The molecule has 152 valence electrons. The largest absolute Gasteiger partial charge is 0.246 e. The Kier molecular flexibility index (Phi) is 4.46. The van der Waals surface area contributed by atoms with E-state index < -0.39 is 10.2 Å². The maximum atomic E-state index is 8.49. The third-order valence-corrected chi connectivity index (χ3v) is 8.81. The van der Waals surface area contributed by atoms with Gasteiger partial charge in [0, 0.05) is 24.7 Å². The van der Waals surface area contributed by atoms with Crippen molar-refractivity contribution in [3.8, 4) is 0 Å². The van der Waals surface area contributed by atoms with Gasteiger partial charge in [0.2, 0.25) is 0 Å². The van der Waals surface area contributed by atoms with Crippen molar-refractivity contribution in [2.24, 2.45) is 40.9 Å². The van der Waals surface area contributed by atoms with Gasteiger partial charge in [-0.25, -0.2) is 23.6 Å². The van der Waals surface area contributed by atoms with Crippen LogP contribution in [-0.2, 0) is 0 Å². The molecule has 8 aliphatic rings. The first-order valence-corrected chi connectivity index (χ1v) is 12.1. The van der Waals surface area contributed by atoms with E-state index in [9.17, 15) is 0 Å². The maximum Gasteiger partial charge on any atom is 0.160 e. The van der Waals surface area contributed by atoms with Gasteiger partial charge < -0.3 is 0 Å². The molecule has 0 saturated heterocycles. The van der Waals surface area contributed by atoms with E-state index in [4.69, 9.17) is 18.6 Å². The van der Waals surface area contributed by atoms with Crippen LogP contribution in [0.1, 0.15) is 77.0 Å². The van der Waals surface area contributed by atoms with Gasteiger partial charge in [-0.15, -0.1) is 10.2 Å². The molecule has 0 amide bonds. The molecule has 0 aliphatic heterocycles. The number of halogens is 1. The van der Waals surface area contributed by atoms with Crippen molar-refractivity contribution >= 4 is 6.21 Å². The lowest BCUT2D eigenvalue weighted by atomic mass is 9.49. The minimum Gasteiger partial charge on any atom is -0.246 e. The molecule has 0 aromatic rings. The molecule has 0 aromatic heterocycles. The van der Waals surface area contributed by atoms with Crippen molar-refractivity contribution in [1.29, 1.82) is 0 Å². The second-order valence-electron chi connectivity index (χ2n) is 11.1. The van der Waals surface area contributed by atoms with Crippen molar-refractivity contribution in [3.05, 3.63) is 0 Å². The van der Waals surface area contributed by atoms with Crippen LogP contribution in [0, 0.1) is 51.2 Å². The van der Waals surface area contributed by atoms with Gasteiger partial charge >= 0.3 is 0 Å². The summed E-state index contributed by atoms with van der Waals surface area (Å²) in [6, 6.07) is 0. The lowest BCUT2D eigenvalue weighted by Gasteiger charge is -2.55. The average Bonchev–Trinajstić information content (AvgIpc) is 2.49. The molecule has 27 heavy (non-hydrogen) atoms. The molecule has 0 atom stereocenters. The first kappa shape index (κ1) is 18.8. The van der Waals surface area contributed by atoms with E-state index in [-0.39, 0.29) is 0 Å². The summed E-state index contributed by atoms with van der Waals surface area (Å²) in [6.07, 6.45) is 21.2. The van der Waals surface area contributed by atoms with Crippen LogP contribution in [0.4, 0.5) is 0 Å². The zero-order chi connectivity index (χ0) is 18.9. The molecule has 8 bridgehead atoms. The van der Waals surface area contributed by atoms with Crippen molar-refractivity contribution in [2.45, 2.75) is 82.6 Å². The molecule has 8 rings (SSSR count). The van der Waals surface area contributed by atoms with Gasteiger partial charge in [0.25, 0.3) is 0 Å². The smallest absolute Gasteiger partial charge is 0.160 e. The Morgan fingerprint density at radius 1 is 0.593 bits per heavy atom. The lowest BCUT2D eigenvalue weighted by Crippen LogP contribution is -2.89. The highest BCUT2D eigenvalue weighted by Gasteiger charge is 2.56. The Morgan fingerprint density at radius 2 is 0.889 bits per heavy atom. The van der Waals surface area contributed by atoms with Crippen molar-refractivity contribution < 1.29 is 33.9 Å². The summed E-state index contributed by atoms with van der Waals surface area (Å²) >= 11 is 0. The standard InChI is InChI=1S/C21H31N.ClHO4/c1-14-2-16-3-15(1)8-20(7-14,9-16)13-22-21-10-17-4-18(11-21)6-19(5-17)12-21;2-1(3,4)5/h13-19H,1-12H2;(H,2,3,4,5). The van der Waals surface area contributed by atoms with Gasteiger partial charge in [-0.1, -0.05) is 0 Å². The Hall–Kier alpha value is -0.200. The van der Waals surface area contributed by atoms with E-state index in [0.717, 1.165) is 35.5 Å². The van der Waals surface area contributed by atoms with Crippen molar-refractivity contribution in [3.63, 3.8) is 0 Å². The zero-order valence-electron chi connectivity index (χ0n) is 16.0. The topological polar surface area (TPSA) is 106 Å². The van der Waals surface area contributed by atoms with Crippen LogP contribution >= 0.6 is 0 Å². The minimum atomic E-state index is -4.94. The Morgan fingerprint density at radius 3 is 1.22 bits per heavy atom. The van der Waals surface area contributed by atoms with Gasteiger partial charge in [0.15, 0.2) is 5.54 Å². The van der Waals surface area contributed by atoms with Gasteiger partial charge in [0.1, 0.15) is 6.21 Å². The summed E-state index contributed by atoms with van der Waals surface area (Å²) in [4.78, 5) is 4.16. The molecule has 0 unspecified atom stereocenters. The lowest BCUT2D eigenvalue weighted by molar-refractivity contribution is -2.00. The fraction of sp³-hybridized carbons (Fsp3) is 0.952. The predicted molar refractivity (Wildman–Crippen MR) is 88.5 cm³/mol. The third kappa shape index (κ3) is 3.95. The molecule has 8 saturated carbocycles. The molecule has 0 aromatic carbocycles. The molecule has 0 spiro atoms. The van der Waals surface area contributed by atoms with Crippen LogP contribution < -0.4 is 23.6 Å². The molecule has 5 nitrogen and oxygen atoms in total. The van der Waals surface area contributed by atoms with Crippen LogP contribution in [0.3, 0.4) is 0 Å². The zero-order valence-corrected chi connectivity index (χ0v) is 16.8. The summed E-state index contributed by atoms with van der Waals surface area (Å²) in [5.41, 5.74) is 1.15. The molecule has 6 heteroatoms. The highest BCUT2D eigenvalue weighted by Crippen LogP contribution is 2.59. The Labute approximate surface area is 164 Å². The molecule has 0 radical (unpaired) electrons. The number of hydrogen-bond acceptors (Lipinski definition) is 4. The molecule has 0 heterocycles. The number of nitrogens with one attached hydrogen (secondary N) is 1. The SMILES string of the molecule is C(=[NH+]C12CC3CC(CC(C3)C1)C2)C12CC3CC(CC(C3)C1)C2.[O-][Cl+3]([O-])([O-])[O-]. The first-order valence-electron chi connectivity index (χ1n) is 10.9. The fourth-order valence-electron chi connectivity index (χ4n) is 8.95. The average molecular weight is 398 g/mol.